The molecular weight excluding hydrogens is 366 g/mol. The molecule has 2 aromatic carbocycles. The standard InChI is InChI=1S/C16H11NO4S3/c18-15-14(23-16(22)17-15)10-11-5-4-6-12(9-11)21-24(19,20)13-7-2-1-3-8-13/h1-10H,(H,17,18,22)/b14-10-. The molecule has 1 aliphatic heterocycles. The van der Waals surface area contributed by atoms with Crippen LogP contribution in [0.25, 0.3) is 6.08 Å². The third-order valence-electron chi connectivity index (χ3n) is 3.04. The van der Waals surface area contributed by atoms with E-state index < -0.39 is 10.1 Å². The van der Waals surface area contributed by atoms with Crippen LogP contribution >= 0.6 is 24.0 Å². The Morgan fingerprint density at radius 3 is 2.50 bits per heavy atom. The molecular formula is C16H11NO4S3. The van der Waals surface area contributed by atoms with Crippen molar-refractivity contribution in [2.24, 2.45) is 0 Å². The molecule has 2 aromatic rings. The zero-order chi connectivity index (χ0) is 17.2. The zero-order valence-electron chi connectivity index (χ0n) is 12.1. The molecule has 8 heteroatoms. The fourth-order valence-electron chi connectivity index (χ4n) is 1.99. The van der Waals surface area contributed by atoms with Gasteiger partial charge in [-0.2, -0.15) is 8.42 Å². The lowest BCUT2D eigenvalue weighted by molar-refractivity contribution is -0.115. The van der Waals surface area contributed by atoms with Gasteiger partial charge in [-0.25, -0.2) is 0 Å². The Kier molecular flexibility index (Phi) is 4.70. The Morgan fingerprint density at radius 2 is 1.83 bits per heavy atom. The molecule has 1 heterocycles. The number of carbonyl (C=O) groups is 1. The second-order valence-corrected chi connectivity index (χ2v) is 8.04. The van der Waals surface area contributed by atoms with E-state index in [9.17, 15) is 13.2 Å². The number of thiocarbonyl (C=S) groups is 1. The van der Waals surface area contributed by atoms with Crippen molar-refractivity contribution in [2.75, 3.05) is 0 Å². The molecule has 0 radical (unpaired) electrons. The number of amides is 1. The van der Waals surface area contributed by atoms with E-state index in [1.165, 1.54) is 18.2 Å². The third kappa shape index (κ3) is 3.84. The monoisotopic (exact) mass is 377 g/mol. The molecule has 3 rings (SSSR count). The first kappa shape index (κ1) is 16.7. The normalized spacial score (nSPS) is 16.2. The van der Waals surface area contributed by atoms with Crippen LogP contribution in [0, 0.1) is 0 Å². The average molecular weight is 377 g/mol. The molecule has 24 heavy (non-hydrogen) atoms. The van der Waals surface area contributed by atoms with Gasteiger partial charge in [0.1, 0.15) is 15.0 Å². The molecule has 0 bridgehead atoms. The molecule has 1 amide bonds. The van der Waals surface area contributed by atoms with Crippen molar-refractivity contribution in [1.82, 2.24) is 5.32 Å². The molecule has 0 aliphatic carbocycles. The number of thioether (sulfide) groups is 1. The first-order chi connectivity index (χ1) is 11.4. The van der Waals surface area contributed by atoms with Crippen molar-refractivity contribution in [3.8, 4) is 5.75 Å². The lowest BCUT2D eigenvalue weighted by Crippen LogP contribution is -2.17. The number of benzene rings is 2. The Morgan fingerprint density at radius 1 is 1.08 bits per heavy atom. The van der Waals surface area contributed by atoms with Crippen LogP contribution in [0.5, 0.6) is 5.75 Å². The molecule has 0 atom stereocenters. The number of hydrogen-bond acceptors (Lipinski definition) is 6. The van der Waals surface area contributed by atoms with Crippen molar-refractivity contribution in [3.63, 3.8) is 0 Å². The maximum atomic E-state index is 12.2. The van der Waals surface area contributed by atoms with Crippen molar-refractivity contribution < 1.29 is 17.4 Å². The zero-order valence-corrected chi connectivity index (χ0v) is 14.6. The quantitative estimate of drug-likeness (QED) is 0.502. The van der Waals surface area contributed by atoms with Gasteiger partial charge < -0.3 is 9.50 Å². The summed E-state index contributed by atoms with van der Waals surface area (Å²) in [4.78, 5) is 12.2. The molecule has 1 N–H and O–H groups in total. The minimum absolute atomic E-state index is 0.0739. The van der Waals surface area contributed by atoms with Crippen LogP contribution in [-0.2, 0) is 14.9 Å². The fraction of sp³-hybridized carbons (Fsp3) is 0. The first-order valence-corrected chi connectivity index (χ1v) is 9.42. The predicted molar refractivity (Wildman–Crippen MR) is 97.0 cm³/mol. The Balaban J connectivity index is 1.85. The number of hydrogen-bond donors (Lipinski definition) is 1. The smallest absolute Gasteiger partial charge is 0.339 e. The van der Waals surface area contributed by atoms with Gasteiger partial charge in [-0.3, -0.25) is 4.79 Å². The summed E-state index contributed by atoms with van der Waals surface area (Å²) in [7, 11) is -3.90. The van der Waals surface area contributed by atoms with Crippen LogP contribution in [0.15, 0.2) is 64.4 Å². The minimum atomic E-state index is -3.90. The minimum Gasteiger partial charge on any atom is -0.379 e. The third-order valence-corrected chi connectivity index (χ3v) is 5.46. The second kappa shape index (κ2) is 6.76. The molecule has 1 aliphatic rings. The van der Waals surface area contributed by atoms with Gasteiger partial charge in [0.25, 0.3) is 5.91 Å². The van der Waals surface area contributed by atoms with E-state index >= 15 is 0 Å². The number of rotatable bonds is 4. The molecule has 122 valence electrons. The maximum absolute atomic E-state index is 12.2. The van der Waals surface area contributed by atoms with Crippen LogP contribution in [0.3, 0.4) is 0 Å². The molecule has 1 saturated heterocycles. The van der Waals surface area contributed by atoms with E-state index in [2.05, 4.69) is 5.32 Å². The molecule has 5 nitrogen and oxygen atoms in total. The summed E-state index contributed by atoms with van der Waals surface area (Å²) in [5.74, 6) is -0.104. The summed E-state index contributed by atoms with van der Waals surface area (Å²) in [5.41, 5.74) is 0.637. The van der Waals surface area contributed by atoms with Crippen molar-refractivity contribution >= 4 is 50.4 Å². The molecule has 0 aromatic heterocycles. The van der Waals surface area contributed by atoms with Gasteiger partial charge >= 0.3 is 10.1 Å². The Bertz CT molecular complexity index is 937. The highest BCUT2D eigenvalue weighted by molar-refractivity contribution is 8.26. The second-order valence-electron chi connectivity index (χ2n) is 4.78. The van der Waals surface area contributed by atoms with Crippen LogP contribution < -0.4 is 9.50 Å². The first-order valence-electron chi connectivity index (χ1n) is 6.78. The topological polar surface area (TPSA) is 72.5 Å². The van der Waals surface area contributed by atoms with Crippen LogP contribution in [0.4, 0.5) is 0 Å². The van der Waals surface area contributed by atoms with Gasteiger partial charge in [0.2, 0.25) is 0 Å². The summed E-state index contributed by atoms with van der Waals surface area (Å²) < 4.78 is 30.0. The highest BCUT2D eigenvalue weighted by Gasteiger charge is 2.22. The van der Waals surface area contributed by atoms with E-state index in [0.717, 1.165) is 11.8 Å². The molecule has 1 fully saturated rings. The number of nitrogens with one attached hydrogen (secondary N) is 1. The highest BCUT2D eigenvalue weighted by Crippen LogP contribution is 2.27. The largest absolute Gasteiger partial charge is 0.379 e. The highest BCUT2D eigenvalue weighted by atomic mass is 32.2. The van der Waals surface area contributed by atoms with Gasteiger partial charge in [-0.05, 0) is 35.9 Å². The van der Waals surface area contributed by atoms with Crippen molar-refractivity contribution in [1.29, 1.82) is 0 Å². The SMILES string of the molecule is O=C1NC(=S)S/C1=C\c1cccc(OS(=O)(=O)c2ccccc2)c1. The van der Waals surface area contributed by atoms with Crippen LogP contribution in [0.2, 0.25) is 0 Å². The van der Waals surface area contributed by atoms with Crippen molar-refractivity contribution in [3.05, 3.63) is 65.1 Å². The lowest BCUT2D eigenvalue weighted by atomic mass is 10.2. The number of carbonyl (C=O) groups excluding carboxylic acids is 1. The van der Waals surface area contributed by atoms with Crippen LogP contribution in [0.1, 0.15) is 5.56 Å². The van der Waals surface area contributed by atoms with E-state index in [1.807, 2.05) is 0 Å². The van der Waals surface area contributed by atoms with E-state index in [1.54, 1.807) is 42.5 Å². The van der Waals surface area contributed by atoms with E-state index in [4.69, 9.17) is 16.4 Å². The maximum Gasteiger partial charge on any atom is 0.339 e. The fourth-order valence-corrected chi connectivity index (χ4v) is 3.98. The van der Waals surface area contributed by atoms with Gasteiger partial charge in [0.15, 0.2) is 0 Å². The Labute approximate surface area is 148 Å². The molecule has 0 spiro atoms. The summed E-state index contributed by atoms with van der Waals surface area (Å²) in [6.45, 7) is 0. The van der Waals surface area contributed by atoms with Gasteiger partial charge in [0, 0.05) is 0 Å². The lowest BCUT2D eigenvalue weighted by Gasteiger charge is -2.07. The van der Waals surface area contributed by atoms with Gasteiger partial charge in [-0.15, -0.1) is 0 Å². The van der Waals surface area contributed by atoms with E-state index in [-0.39, 0.29) is 16.6 Å². The average Bonchev–Trinajstić information content (AvgIpc) is 2.86. The summed E-state index contributed by atoms with van der Waals surface area (Å²) in [6.07, 6.45) is 1.63. The Hall–Kier alpha value is -2.16. The molecule has 0 saturated carbocycles. The summed E-state index contributed by atoms with van der Waals surface area (Å²) in [6, 6.07) is 14.4. The van der Waals surface area contributed by atoms with Crippen LogP contribution in [-0.4, -0.2) is 18.6 Å². The van der Waals surface area contributed by atoms with Crippen molar-refractivity contribution in [2.45, 2.75) is 4.90 Å². The predicted octanol–water partition coefficient (Wildman–Crippen LogP) is 2.94. The van der Waals surface area contributed by atoms with Gasteiger partial charge in [0.05, 0.1) is 4.91 Å². The van der Waals surface area contributed by atoms with Gasteiger partial charge in [-0.1, -0.05) is 54.3 Å². The van der Waals surface area contributed by atoms with E-state index in [0.29, 0.717) is 14.8 Å². The summed E-state index contributed by atoms with van der Waals surface area (Å²) in [5, 5.41) is 2.52. The molecule has 0 unspecified atom stereocenters. The summed E-state index contributed by atoms with van der Waals surface area (Å²) >= 11 is 6.08.